The van der Waals surface area contributed by atoms with Crippen molar-refractivity contribution in [3.05, 3.63) is 53.6 Å². The summed E-state index contributed by atoms with van der Waals surface area (Å²) in [4.78, 5) is 4.14. The normalized spacial score (nSPS) is 11.5. The number of hydrogen-bond acceptors (Lipinski definition) is 2. The Balaban J connectivity index is 1.77. The van der Waals surface area contributed by atoms with E-state index in [-0.39, 0.29) is 5.82 Å². The van der Waals surface area contributed by atoms with Gasteiger partial charge in [0.2, 0.25) is 0 Å². The number of aromatic nitrogens is 2. The Morgan fingerprint density at radius 3 is 2.81 bits per heavy atom. The second-order valence-corrected chi connectivity index (χ2v) is 4.72. The third-order valence-electron chi connectivity index (χ3n) is 3.09. The molecule has 6 heteroatoms. The highest BCUT2D eigenvalue weighted by Gasteiger charge is 2.02. The second kappa shape index (κ2) is 7.42. The summed E-state index contributed by atoms with van der Waals surface area (Å²) in [7, 11) is 3.59. The number of nitrogens with zero attached hydrogens (tertiary/aromatic N) is 3. The van der Waals surface area contributed by atoms with Gasteiger partial charge in [-0.2, -0.15) is 5.10 Å². The third kappa shape index (κ3) is 4.59. The zero-order valence-corrected chi connectivity index (χ0v) is 12.3. The van der Waals surface area contributed by atoms with Crippen molar-refractivity contribution in [3.63, 3.8) is 0 Å². The van der Waals surface area contributed by atoms with Gasteiger partial charge in [-0.1, -0.05) is 18.2 Å². The van der Waals surface area contributed by atoms with E-state index < -0.39 is 0 Å². The minimum absolute atomic E-state index is 0.169. The van der Waals surface area contributed by atoms with Crippen LogP contribution in [0.3, 0.4) is 0 Å². The van der Waals surface area contributed by atoms with Gasteiger partial charge in [-0.15, -0.1) is 0 Å². The summed E-state index contributed by atoms with van der Waals surface area (Å²) in [6, 6.07) is 6.81. The lowest BCUT2D eigenvalue weighted by atomic mass is 10.1. The average molecular weight is 289 g/mol. The zero-order chi connectivity index (χ0) is 15.1. The molecule has 0 radical (unpaired) electrons. The van der Waals surface area contributed by atoms with Crippen LogP contribution in [0.4, 0.5) is 4.39 Å². The molecule has 0 aliphatic heterocycles. The van der Waals surface area contributed by atoms with Crippen LogP contribution < -0.4 is 10.6 Å². The standard InChI is InChI=1S/C15H20FN5/c1-17-15(19-9-12-10-20-21(2)11-12)18-8-7-13-5-3-4-6-14(13)16/h3-6,10-11H,7-9H2,1-2H3,(H2,17,18,19). The van der Waals surface area contributed by atoms with Gasteiger partial charge in [0.05, 0.1) is 6.20 Å². The Morgan fingerprint density at radius 1 is 1.33 bits per heavy atom. The first-order valence-corrected chi connectivity index (χ1v) is 6.84. The molecule has 0 unspecified atom stereocenters. The number of benzene rings is 1. The molecule has 21 heavy (non-hydrogen) atoms. The van der Waals surface area contributed by atoms with Crippen molar-refractivity contribution in [3.8, 4) is 0 Å². The molecule has 1 aromatic carbocycles. The van der Waals surface area contributed by atoms with Crippen LogP contribution >= 0.6 is 0 Å². The van der Waals surface area contributed by atoms with Gasteiger partial charge in [0.15, 0.2) is 5.96 Å². The Hall–Kier alpha value is -2.37. The average Bonchev–Trinajstić information content (AvgIpc) is 2.90. The molecular weight excluding hydrogens is 269 g/mol. The lowest BCUT2D eigenvalue weighted by Gasteiger charge is -2.11. The van der Waals surface area contributed by atoms with Crippen molar-refractivity contribution in [1.29, 1.82) is 0 Å². The first-order valence-electron chi connectivity index (χ1n) is 6.84. The highest BCUT2D eigenvalue weighted by atomic mass is 19.1. The van der Waals surface area contributed by atoms with E-state index in [1.807, 2.05) is 19.3 Å². The van der Waals surface area contributed by atoms with E-state index in [0.29, 0.717) is 31.0 Å². The van der Waals surface area contributed by atoms with Gasteiger partial charge < -0.3 is 10.6 Å². The van der Waals surface area contributed by atoms with Crippen molar-refractivity contribution in [2.24, 2.45) is 12.0 Å². The topological polar surface area (TPSA) is 54.2 Å². The van der Waals surface area contributed by atoms with Crippen LogP contribution in [-0.2, 0) is 20.0 Å². The second-order valence-electron chi connectivity index (χ2n) is 4.72. The molecule has 0 saturated carbocycles. The zero-order valence-electron chi connectivity index (χ0n) is 12.3. The van der Waals surface area contributed by atoms with Crippen molar-refractivity contribution >= 4 is 5.96 Å². The molecule has 0 amide bonds. The van der Waals surface area contributed by atoms with E-state index in [1.165, 1.54) is 6.07 Å². The maximum Gasteiger partial charge on any atom is 0.191 e. The quantitative estimate of drug-likeness (QED) is 0.647. The van der Waals surface area contributed by atoms with E-state index in [0.717, 1.165) is 5.56 Å². The van der Waals surface area contributed by atoms with Crippen LogP contribution in [0.1, 0.15) is 11.1 Å². The fourth-order valence-electron chi connectivity index (χ4n) is 1.99. The molecule has 0 bridgehead atoms. The molecule has 0 aliphatic rings. The summed E-state index contributed by atoms with van der Waals surface area (Å²) in [5, 5.41) is 10.5. The molecule has 2 aromatic rings. The summed E-state index contributed by atoms with van der Waals surface area (Å²) in [6.45, 7) is 1.26. The van der Waals surface area contributed by atoms with Gasteiger partial charge in [-0.05, 0) is 18.1 Å². The third-order valence-corrected chi connectivity index (χ3v) is 3.09. The van der Waals surface area contributed by atoms with E-state index >= 15 is 0 Å². The van der Waals surface area contributed by atoms with Crippen molar-refractivity contribution in [2.75, 3.05) is 13.6 Å². The molecule has 0 fully saturated rings. The Bertz CT molecular complexity index is 606. The Morgan fingerprint density at radius 2 is 2.14 bits per heavy atom. The highest BCUT2D eigenvalue weighted by Crippen LogP contribution is 2.06. The number of guanidine groups is 1. The summed E-state index contributed by atoms with van der Waals surface area (Å²) >= 11 is 0. The molecule has 5 nitrogen and oxygen atoms in total. The largest absolute Gasteiger partial charge is 0.356 e. The molecule has 2 N–H and O–H groups in total. The summed E-state index contributed by atoms with van der Waals surface area (Å²) < 4.78 is 15.2. The number of aryl methyl sites for hydroxylation is 1. The smallest absolute Gasteiger partial charge is 0.191 e. The fourth-order valence-corrected chi connectivity index (χ4v) is 1.99. The Kier molecular flexibility index (Phi) is 5.31. The lowest BCUT2D eigenvalue weighted by molar-refractivity contribution is 0.606. The van der Waals surface area contributed by atoms with E-state index in [4.69, 9.17) is 0 Å². The number of aliphatic imine (C=N–C) groups is 1. The minimum atomic E-state index is -0.169. The van der Waals surface area contributed by atoms with E-state index in [9.17, 15) is 4.39 Å². The van der Waals surface area contributed by atoms with Gasteiger partial charge in [-0.25, -0.2) is 4.39 Å². The van der Waals surface area contributed by atoms with E-state index in [1.54, 1.807) is 30.1 Å². The predicted octanol–water partition coefficient (Wildman–Crippen LogP) is 1.47. The van der Waals surface area contributed by atoms with Crippen molar-refractivity contribution < 1.29 is 4.39 Å². The van der Waals surface area contributed by atoms with Gasteiger partial charge >= 0.3 is 0 Å². The van der Waals surface area contributed by atoms with Gasteiger partial charge in [0.1, 0.15) is 5.82 Å². The van der Waals surface area contributed by atoms with Crippen LogP contribution in [0.2, 0.25) is 0 Å². The number of nitrogens with one attached hydrogen (secondary N) is 2. The van der Waals surface area contributed by atoms with Crippen LogP contribution in [-0.4, -0.2) is 29.3 Å². The van der Waals surface area contributed by atoms with Crippen LogP contribution in [0, 0.1) is 5.82 Å². The maximum atomic E-state index is 13.5. The molecule has 0 saturated heterocycles. The summed E-state index contributed by atoms with van der Waals surface area (Å²) in [6.07, 6.45) is 4.36. The Labute approximate surface area is 123 Å². The summed E-state index contributed by atoms with van der Waals surface area (Å²) in [5.41, 5.74) is 1.78. The van der Waals surface area contributed by atoms with Crippen LogP contribution in [0.25, 0.3) is 0 Å². The molecular formula is C15H20FN5. The maximum absolute atomic E-state index is 13.5. The fraction of sp³-hybridized carbons (Fsp3) is 0.333. The van der Waals surface area contributed by atoms with Crippen molar-refractivity contribution in [2.45, 2.75) is 13.0 Å². The van der Waals surface area contributed by atoms with Gasteiger partial charge in [-0.3, -0.25) is 9.67 Å². The van der Waals surface area contributed by atoms with E-state index in [2.05, 4.69) is 20.7 Å². The highest BCUT2D eigenvalue weighted by molar-refractivity contribution is 5.79. The minimum Gasteiger partial charge on any atom is -0.356 e. The van der Waals surface area contributed by atoms with Gasteiger partial charge in [0, 0.05) is 38.9 Å². The first-order chi connectivity index (χ1) is 10.2. The SMILES string of the molecule is CN=C(NCCc1ccccc1F)NCc1cnn(C)c1. The number of hydrogen-bond donors (Lipinski definition) is 2. The lowest BCUT2D eigenvalue weighted by Crippen LogP contribution is -2.37. The molecule has 1 heterocycles. The predicted molar refractivity (Wildman–Crippen MR) is 81.5 cm³/mol. The number of halogens is 1. The molecule has 112 valence electrons. The van der Waals surface area contributed by atoms with Crippen molar-refractivity contribution in [1.82, 2.24) is 20.4 Å². The van der Waals surface area contributed by atoms with Crippen LogP contribution in [0.15, 0.2) is 41.7 Å². The molecule has 0 atom stereocenters. The van der Waals surface area contributed by atoms with Gasteiger partial charge in [0.25, 0.3) is 0 Å². The summed E-state index contributed by atoms with van der Waals surface area (Å²) in [5.74, 6) is 0.521. The molecule has 0 aliphatic carbocycles. The molecule has 1 aromatic heterocycles. The molecule has 2 rings (SSSR count). The van der Waals surface area contributed by atoms with Crippen LogP contribution in [0.5, 0.6) is 0 Å². The molecule has 0 spiro atoms. The first kappa shape index (κ1) is 15.0. The monoisotopic (exact) mass is 289 g/mol. The number of rotatable bonds is 5.